The molecular formula is C19H16F3N3O3S2. The molecule has 0 spiro atoms. The van der Waals surface area contributed by atoms with E-state index in [0.717, 1.165) is 16.9 Å². The summed E-state index contributed by atoms with van der Waals surface area (Å²) in [5.74, 6) is -0.704. The van der Waals surface area contributed by atoms with Gasteiger partial charge in [-0.05, 0) is 31.2 Å². The van der Waals surface area contributed by atoms with Crippen LogP contribution in [0.15, 0.2) is 58.8 Å². The Labute approximate surface area is 174 Å². The van der Waals surface area contributed by atoms with Gasteiger partial charge in [0.05, 0.1) is 28.3 Å². The van der Waals surface area contributed by atoms with E-state index in [1.165, 1.54) is 35.7 Å². The molecule has 2 aromatic carbocycles. The van der Waals surface area contributed by atoms with Crippen molar-refractivity contribution in [3.05, 3.63) is 70.7 Å². The summed E-state index contributed by atoms with van der Waals surface area (Å²) in [7, 11) is -3.94. The van der Waals surface area contributed by atoms with E-state index in [1.807, 2.05) is 6.92 Å². The molecule has 3 aromatic rings. The maximum absolute atomic E-state index is 12.6. The first-order valence-corrected chi connectivity index (χ1v) is 10.9. The number of benzene rings is 2. The first-order chi connectivity index (χ1) is 14.0. The summed E-state index contributed by atoms with van der Waals surface area (Å²) in [6, 6.07) is 12.1. The quantitative estimate of drug-likeness (QED) is 0.568. The first-order valence-electron chi connectivity index (χ1n) is 8.54. The third-order valence-corrected chi connectivity index (χ3v) is 6.09. The van der Waals surface area contributed by atoms with E-state index in [1.54, 1.807) is 18.2 Å². The van der Waals surface area contributed by atoms with Gasteiger partial charge in [0.15, 0.2) is 5.13 Å². The summed E-state index contributed by atoms with van der Waals surface area (Å²) in [5.41, 5.74) is 0.710. The van der Waals surface area contributed by atoms with Crippen LogP contribution < -0.4 is 10.0 Å². The Hall–Kier alpha value is -2.92. The van der Waals surface area contributed by atoms with E-state index in [2.05, 4.69) is 15.0 Å². The van der Waals surface area contributed by atoms with Gasteiger partial charge in [0.25, 0.3) is 15.9 Å². The number of rotatable bonds is 6. The van der Waals surface area contributed by atoms with Crippen LogP contribution in [0.3, 0.4) is 0 Å². The number of hydrogen-bond acceptors (Lipinski definition) is 5. The average molecular weight is 455 g/mol. The van der Waals surface area contributed by atoms with Crippen molar-refractivity contribution in [2.75, 3.05) is 10.0 Å². The third kappa shape index (κ3) is 5.57. The van der Waals surface area contributed by atoms with Gasteiger partial charge in [-0.15, -0.1) is 11.3 Å². The normalized spacial score (nSPS) is 11.9. The number of sulfonamides is 1. The number of anilines is 2. The van der Waals surface area contributed by atoms with E-state index in [-0.39, 0.29) is 27.0 Å². The lowest BCUT2D eigenvalue weighted by Crippen LogP contribution is -2.18. The zero-order valence-electron chi connectivity index (χ0n) is 15.5. The second-order valence-electron chi connectivity index (χ2n) is 6.35. The Kier molecular flexibility index (Phi) is 6.13. The van der Waals surface area contributed by atoms with Gasteiger partial charge in [-0.25, -0.2) is 13.4 Å². The van der Waals surface area contributed by atoms with Crippen molar-refractivity contribution in [1.29, 1.82) is 0 Å². The molecule has 0 fully saturated rings. The molecule has 158 valence electrons. The molecule has 6 nitrogen and oxygen atoms in total. The topological polar surface area (TPSA) is 88.2 Å². The first kappa shape index (κ1) is 21.8. The molecule has 30 heavy (non-hydrogen) atoms. The van der Waals surface area contributed by atoms with E-state index >= 15 is 0 Å². The van der Waals surface area contributed by atoms with Gasteiger partial charge in [0, 0.05) is 5.38 Å². The molecule has 2 N–H and O–H groups in total. The van der Waals surface area contributed by atoms with Gasteiger partial charge >= 0.3 is 6.18 Å². The zero-order valence-corrected chi connectivity index (χ0v) is 17.2. The van der Waals surface area contributed by atoms with Gasteiger partial charge in [0.1, 0.15) is 0 Å². The Morgan fingerprint density at radius 2 is 1.77 bits per heavy atom. The summed E-state index contributed by atoms with van der Waals surface area (Å²) in [4.78, 5) is 16.4. The van der Waals surface area contributed by atoms with Crippen LogP contribution in [0.5, 0.6) is 0 Å². The van der Waals surface area contributed by atoms with E-state index in [0.29, 0.717) is 0 Å². The summed E-state index contributed by atoms with van der Waals surface area (Å²) in [5, 5.41) is 3.59. The smallest absolute Gasteiger partial charge is 0.298 e. The second kappa shape index (κ2) is 8.44. The molecule has 1 amide bonds. The monoisotopic (exact) mass is 455 g/mol. The van der Waals surface area contributed by atoms with Crippen LogP contribution in [0.1, 0.15) is 21.6 Å². The van der Waals surface area contributed by atoms with Crippen LogP contribution in [-0.4, -0.2) is 25.5 Å². The van der Waals surface area contributed by atoms with Crippen molar-refractivity contribution in [2.45, 2.75) is 24.4 Å². The number of aromatic nitrogens is 1. The lowest BCUT2D eigenvalue weighted by molar-refractivity contribution is -0.127. The standard InChI is InChI=1S/C19H16F3N3O3S2/c1-12-6-8-14(9-7-12)30(27,28)25-16-5-3-2-4-15(16)17(26)24-18-23-13(11-29-18)10-19(20,21)22/h2-9,11,25H,10H2,1H3,(H,23,24,26). The van der Waals surface area contributed by atoms with Crippen molar-refractivity contribution in [3.63, 3.8) is 0 Å². The molecule has 0 saturated heterocycles. The molecule has 0 aliphatic rings. The number of amides is 1. The molecular weight excluding hydrogens is 439 g/mol. The minimum atomic E-state index is -4.41. The van der Waals surface area contributed by atoms with Gasteiger partial charge in [-0.2, -0.15) is 13.2 Å². The Bertz CT molecular complexity index is 1160. The van der Waals surface area contributed by atoms with Crippen LogP contribution in [0.4, 0.5) is 24.0 Å². The highest BCUT2D eigenvalue weighted by atomic mass is 32.2. The van der Waals surface area contributed by atoms with Crippen molar-refractivity contribution >= 4 is 38.1 Å². The third-order valence-electron chi connectivity index (χ3n) is 3.90. The lowest BCUT2D eigenvalue weighted by atomic mass is 10.2. The molecule has 0 radical (unpaired) electrons. The number of nitrogens with one attached hydrogen (secondary N) is 2. The molecule has 0 atom stereocenters. The van der Waals surface area contributed by atoms with E-state index in [9.17, 15) is 26.4 Å². The molecule has 0 bridgehead atoms. The predicted octanol–water partition coefficient (Wildman–Crippen LogP) is 4.61. The average Bonchev–Trinajstić information content (AvgIpc) is 3.07. The van der Waals surface area contributed by atoms with Gasteiger partial charge in [-0.3, -0.25) is 14.8 Å². The predicted molar refractivity (Wildman–Crippen MR) is 108 cm³/mol. The van der Waals surface area contributed by atoms with Crippen molar-refractivity contribution in [1.82, 2.24) is 4.98 Å². The SMILES string of the molecule is Cc1ccc(S(=O)(=O)Nc2ccccc2C(=O)Nc2nc(CC(F)(F)F)cs2)cc1. The fourth-order valence-electron chi connectivity index (χ4n) is 2.51. The van der Waals surface area contributed by atoms with Crippen LogP contribution >= 0.6 is 11.3 Å². The molecule has 0 unspecified atom stereocenters. The lowest BCUT2D eigenvalue weighted by Gasteiger charge is -2.12. The minimum Gasteiger partial charge on any atom is -0.298 e. The fraction of sp³-hybridized carbons (Fsp3) is 0.158. The summed E-state index contributed by atoms with van der Waals surface area (Å²) >= 11 is 0.849. The number of nitrogens with zero attached hydrogens (tertiary/aromatic N) is 1. The number of carbonyl (C=O) groups is 1. The Morgan fingerprint density at radius 1 is 1.10 bits per heavy atom. The molecule has 3 rings (SSSR count). The van der Waals surface area contributed by atoms with E-state index in [4.69, 9.17) is 0 Å². The fourth-order valence-corrected chi connectivity index (χ4v) is 4.29. The van der Waals surface area contributed by atoms with Gasteiger partial charge in [-0.1, -0.05) is 29.8 Å². The van der Waals surface area contributed by atoms with Crippen LogP contribution in [0, 0.1) is 6.92 Å². The largest absolute Gasteiger partial charge is 0.394 e. The van der Waals surface area contributed by atoms with E-state index < -0.39 is 28.5 Å². The summed E-state index contributed by atoms with van der Waals surface area (Å²) in [6.07, 6.45) is -5.61. The molecule has 0 saturated carbocycles. The maximum Gasteiger partial charge on any atom is 0.394 e. The van der Waals surface area contributed by atoms with Crippen LogP contribution in [0.25, 0.3) is 0 Å². The minimum absolute atomic E-state index is 0.000702. The molecule has 1 aromatic heterocycles. The molecule has 11 heteroatoms. The number of hydrogen-bond donors (Lipinski definition) is 2. The molecule has 0 aliphatic carbocycles. The Balaban J connectivity index is 1.79. The van der Waals surface area contributed by atoms with Crippen LogP contribution in [-0.2, 0) is 16.4 Å². The zero-order chi connectivity index (χ0) is 21.9. The highest BCUT2D eigenvalue weighted by Gasteiger charge is 2.29. The van der Waals surface area contributed by atoms with Gasteiger partial charge in [0.2, 0.25) is 0 Å². The number of alkyl halides is 3. The van der Waals surface area contributed by atoms with Crippen molar-refractivity contribution < 1.29 is 26.4 Å². The molecule has 1 heterocycles. The van der Waals surface area contributed by atoms with Gasteiger partial charge < -0.3 is 0 Å². The summed E-state index contributed by atoms with van der Waals surface area (Å²) in [6.45, 7) is 1.82. The van der Waals surface area contributed by atoms with Crippen molar-refractivity contribution in [3.8, 4) is 0 Å². The molecule has 0 aliphatic heterocycles. The number of halogens is 3. The highest BCUT2D eigenvalue weighted by Crippen LogP contribution is 2.26. The number of aryl methyl sites for hydroxylation is 1. The van der Waals surface area contributed by atoms with Crippen molar-refractivity contribution in [2.24, 2.45) is 0 Å². The highest BCUT2D eigenvalue weighted by molar-refractivity contribution is 7.92. The number of thiazole rings is 1. The second-order valence-corrected chi connectivity index (χ2v) is 8.89. The van der Waals surface area contributed by atoms with Crippen LogP contribution in [0.2, 0.25) is 0 Å². The number of para-hydroxylation sites is 1. The Morgan fingerprint density at radius 3 is 2.43 bits per heavy atom. The number of carbonyl (C=O) groups excluding carboxylic acids is 1. The maximum atomic E-state index is 12.6. The summed E-state index contributed by atoms with van der Waals surface area (Å²) < 4.78 is 65.0.